The van der Waals surface area contributed by atoms with Crippen LogP contribution in [-0.4, -0.2) is 28.1 Å². The van der Waals surface area contributed by atoms with Gasteiger partial charge in [0.1, 0.15) is 29.0 Å². The number of hydrogen-bond acceptors (Lipinski definition) is 4. The van der Waals surface area contributed by atoms with Crippen LogP contribution in [-0.2, 0) is 11.2 Å². The molecule has 0 aliphatic rings. The van der Waals surface area contributed by atoms with Gasteiger partial charge in [-0.3, -0.25) is 0 Å². The summed E-state index contributed by atoms with van der Waals surface area (Å²) in [4.78, 5) is 28.1. The number of carboxylic acids is 1. The fourth-order valence-electron chi connectivity index (χ4n) is 3.33. The zero-order valence-corrected chi connectivity index (χ0v) is 17.7. The van der Waals surface area contributed by atoms with Crippen LogP contribution in [0.2, 0.25) is 0 Å². The van der Waals surface area contributed by atoms with Gasteiger partial charge in [-0.1, -0.05) is 12.1 Å². The molecule has 0 saturated heterocycles. The highest BCUT2D eigenvalue weighted by Gasteiger charge is 2.23. The van der Waals surface area contributed by atoms with E-state index in [0.29, 0.717) is 22.7 Å². The Hall–Kier alpha value is -4.34. The lowest BCUT2D eigenvalue weighted by molar-refractivity contribution is -0.139. The molecule has 1 heterocycles. The number of aromatic nitrogens is 1. The van der Waals surface area contributed by atoms with Crippen molar-refractivity contribution in [2.75, 3.05) is 5.32 Å². The Balaban J connectivity index is 1.46. The Morgan fingerprint density at radius 1 is 1.03 bits per heavy atom. The molecular formula is C24H18F3N3O4. The number of rotatable bonds is 6. The smallest absolute Gasteiger partial charge is 0.326 e. The third kappa shape index (κ3) is 5.01. The van der Waals surface area contributed by atoms with Gasteiger partial charge in [0.05, 0.1) is 5.69 Å². The number of benzene rings is 3. The number of oxazole rings is 1. The number of urea groups is 1. The lowest BCUT2D eigenvalue weighted by atomic mass is 10.1. The van der Waals surface area contributed by atoms with Crippen molar-refractivity contribution in [1.29, 1.82) is 0 Å². The van der Waals surface area contributed by atoms with Crippen molar-refractivity contribution >= 4 is 28.8 Å². The largest absolute Gasteiger partial charge is 0.480 e. The SMILES string of the molecule is Cc1ccc2oc(-c3ccc(NC(=O)N[C@@H](Cc4ccc(F)cc4F)C(=O)O)c(F)c3)nc2c1. The molecule has 0 saturated carbocycles. The Labute approximate surface area is 191 Å². The number of carbonyl (C=O) groups is 2. The minimum Gasteiger partial charge on any atom is -0.480 e. The molecule has 0 fully saturated rings. The van der Waals surface area contributed by atoms with Gasteiger partial charge in [0.2, 0.25) is 5.89 Å². The van der Waals surface area contributed by atoms with Crippen molar-refractivity contribution in [2.24, 2.45) is 0 Å². The van der Waals surface area contributed by atoms with Gasteiger partial charge in [-0.2, -0.15) is 0 Å². The molecule has 0 spiro atoms. The highest BCUT2D eigenvalue weighted by molar-refractivity contribution is 5.92. The number of aliphatic carboxylic acids is 1. The standard InChI is InChI=1S/C24H18F3N3O4/c1-12-2-7-21-19(8-12)28-22(34-21)14-4-6-18(17(27)9-14)29-24(33)30-20(23(31)32)10-13-3-5-15(25)11-16(13)26/h2-9,11,20H,10H2,1H3,(H,31,32)(H2,29,30,33)/t20-/m0/s1. The number of hydrogen-bond donors (Lipinski definition) is 3. The van der Waals surface area contributed by atoms with Crippen LogP contribution in [0.1, 0.15) is 11.1 Å². The van der Waals surface area contributed by atoms with Crippen LogP contribution < -0.4 is 10.6 Å². The summed E-state index contributed by atoms with van der Waals surface area (Å²) < 4.78 is 47.2. The van der Waals surface area contributed by atoms with Crippen LogP contribution in [0.25, 0.3) is 22.6 Å². The van der Waals surface area contributed by atoms with E-state index < -0.39 is 41.9 Å². The molecule has 10 heteroatoms. The highest BCUT2D eigenvalue weighted by atomic mass is 19.1. The second kappa shape index (κ2) is 9.26. The number of carboxylic acid groups (broad SMARTS) is 1. The summed E-state index contributed by atoms with van der Waals surface area (Å²) in [5.41, 5.74) is 2.18. The highest BCUT2D eigenvalue weighted by Crippen LogP contribution is 2.27. The summed E-state index contributed by atoms with van der Waals surface area (Å²) in [5, 5.41) is 13.7. The second-order valence-electron chi connectivity index (χ2n) is 7.61. The number of anilines is 1. The first-order valence-corrected chi connectivity index (χ1v) is 10.1. The molecule has 0 aliphatic heterocycles. The predicted molar refractivity (Wildman–Crippen MR) is 118 cm³/mol. The van der Waals surface area contributed by atoms with Crippen molar-refractivity contribution in [1.82, 2.24) is 10.3 Å². The van der Waals surface area contributed by atoms with E-state index in [1.54, 1.807) is 6.07 Å². The maximum Gasteiger partial charge on any atom is 0.326 e. The number of halogens is 3. The quantitative estimate of drug-likeness (QED) is 0.367. The molecule has 1 atom stereocenters. The van der Waals surface area contributed by atoms with Crippen LogP contribution in [0.3, 0.4) is 0 Å². The molecule has 4 rings (SSSR count). The summed E-state index contributed by atoms with van der Waals surface area (Å²) >= 11 is 0. The lowest BCUT2D eigenvalue weighted by Gasteiger charge is -2.16. The molecule has 0 unspecified atom stereocenters. The van der Waals surface area contributed by atoms with Gasteiger partial charge in [-0.15, -0.1) is 0 Å². The maximum atomic E-state index is 14.6. The fraction of sp³-hybridized carbons (Fsp3) is 0.125. The molecule has 0 aliphatic carbocycles. The van der Waals surface area contributed by atoms with Gasteiger partial charge in [-0.25, -0.2) is 27.7 Å². The first-order chi connectivity index (χ1) is 16.2. The van der Waals surface area contributed by atoms with E-state index >= 15 is 0 Å². The molecule has 7 nitrogen and oxygen atoms in total. The number of aryl methyl sites for hydroxylation is 1. The van der Waals surface area contributed by atoms with E-state index in [1.165, 1.54) is 12.1 Å². The zero-order chi connectivity index (χ0) is 24.4. The minimum absolute atomic E-state index is 0.0989. The molecule has 2 amide bonds. The van der Waals surface area contributed by atoms with Crippen molar-refractivity contribution in [3.8, 4) is 11.5 Å². The monoisotopic (exact) mass is 469 g/mol. The molecule has 0 radical (unpaired) electrons. The van der Waals surface area contributed by atoms with E-state index in [4.69, 9.17) is 4.42 Å². The van der Waals surface area contributed by atoms with E-state index in [-0.39, 0.29) is 17.1 Å². The maximum absolute atomic E-state index is 14.6. The Morgan fingerprint density at radius 2 is 1.82 bits per heavy atom. The number of carbonyl (C=O) groups excluding carboxylic acids is 1. The van der Waals surface area contributed by atoms with Gasteiger partial charge < -0.3 is 20.2 Å². The summed E-state index contributed by atoms with van der Waals surface area (Å²) in [7, 11) is 0. The summed E-state index contributed by atoms with van der Waals surface area (Å²) in [5.74, 6) is -3.80. The van der Waals surface area contributed by atoms with E-state index in [2.05, 4.69) is 15.6 Å². The first kappa shape index (κ1) is 22.8. The topological polar surface area (TPSA) is 104 Å². The van der Waals surface area contributed by atoms with Gasteiger partial charge >= 0.3 is 12.0 Å². The lowest BCUT2D eigenvalue weighted by Crippen LogP contribution is -2.44. The third-order valence-corrected chi connectivity index (χ3v) is 5.05. The first-order valence-electron chi connectivity index (χ1n) is 10.1. The van der Waals surface area contributed by atoms with Crippen LogP contribution in [0.15, 0.2) is 59.0 Å². The third-order valence-electron chi connectivity index (χ3n) is 5.05. The molecular weight excluding hydrogens is 451 g/mol. The van der Waals surface area contributed by atoms with Crippen molar-refractivity contribution < 1.29 is 32.3 Å². The molecule has 1 aromatic heterocycles. The molecule has 3 aromatic carbocycles. The molecule has 3 N–H and O–H groups in total. The molecule has 174 valence electrons. The fourth-order valence-corrected chi connectivity index (χ4v) is 3.33. The van der Waals surface area contributed by atoms with E-state index in [0.717, 1.165) is 23.8 Å². The molecule has 4 aromatic rings. The van der Waals surface area contributed by atoms with Gasteiger partial charge in [-0.05, 0) is 54.4 Å². The summed E-state index contributed by atoms with van der Waals surface area (Å²) in [6, 6.07) is 9.46. The van der Waals surface area contributed by atoms with Gasteiger partial charge in [0.15, 0.2) is 5.58 Å². The zero-order valence-electron chi connectivity index (χ0n) is 17.7. The van der Waals surface area contributed by atoms with Crippen LogP contribution >= 0.6 is 0 Å². The number of fused-ring (bicyclic) bond motifs is 1. The summed E-state index contributed by atoms with van der Waals surface area (Å²) in [6.07, 6.45) is -0.437. The van der Waals surface area contributed by atoms with Crippen LogP contribution in [0.4, 0.5) is 23.7 Å². The average molecular weight is 469 g/mol. The minimum atomic E-state index is -1.54. The molecule has 34 heavy (non-hydrogen) atoms. The second-order valence-corrected chi connectivity index (χ2v) is 7.61. The number of nitrogens with zero attached hydrogens (tertiary/aromatic N) is 1. The normalized spacial score (nSPS) is 11.9. The van der Waals surface area contributed by atoms with Crippen molar-refractivity contribution in [2.45, 2.75) is 19.4 Å². The van der Waals surface area contributed by atoms with Crippen LogP contribution in [0, 0.1) is 24.4 Å². The molecule has 0 bridgehead atoms. The predicted octanol–water partition coefficient (Wildman–Crippen LogP) is 5.04. The number of amides is 2. The van der Waals surface area contributed by atoms with Gasteiger partial charge in [0.25, 0.3) is 0 Å². The van der Waals surface area contributed by atoms with E-state index in [1.807, 2.05) is 19.1 Å². The van der Waals surface area contributed by atoms with Gasteiger partial charge in [0, 0.05) is 18.1 Å². The Morgan fingerprint density at radius 3 is 2.53 bits per heavy atom. The number of nitrogens with one attached hydrogen (secondary N) is 2. The average Bonchev–Trinajstić information content (AvgIpc) is 3.19. The Kier molecular flexibility index (Phi) is 6.22. The van der Waals surface area contributed by atoms with Crippen molar-refractivity contribution in [3.63, 3.8) is 0 Å². The summed E-state index contributed by atoms with van der Waals surface area (Å²) in [6.45, 7) is 1.91. The van der Waals surface area contributed by atoms with E-state index in [9.17, 15) is 27.9 Å². The Bertz CT molecular complexity index is 1400. The van der Waals surface area contributed by atoms with Crippen molar-refractivity contribution in [3.05, 3.63) is 83.2 Å². The van der Waals surface area contributed by atoms with Crippen LogP contribution in [0.5, 0.6) is 0 Å².